The molecular weight excluding hydrogens is 807 g/mol. The highest BCUT2D eigenvalue weighted by Gasteiger charge is 2.38. The maximum Gasteiger partial charge on any atom is 0.418 e. The molecule has 0 radical (unpaired) electrons. The number of nitrogen functional groups attached to an aromatic ring is 1. The van der Waals surface area contributed by atoms with Crippen molar-refractivity contribution >= 4 is 58.6 Å². The number of carbonyl (C=O) groups excluding carboxylic acids is 5. The number of hydrogen-bond acceptors (Lipinski definition) is 9. The number of nitrogens with zero attached hydrogens (tertiary/aromatic N) is 5. The van der Waals surface area contributed by atoms with Crippen LogP contribution in [0.25, 0.3) is 0 Å². The second-order valence-corrected chi connectivity index (χ2v) is 15.5. The Hall–Kier alpha value is -5.71. The van der Waals surface area contributed by atoms with Crippen molar-refractivity contribution in [2.24, 2.45) is 0 Å². The van der Waals surface area contributed by atoms with Crippen LogP contribution in [-0.2, 0) is 38.2 Å². The molecule has 5 amide bonds. The first-order valence-electron chi connectivity index (χ1n) is 20.0. The van der Waals surface area contributed by atoms with Crippen LogP contribution in [0.1, 0.15) is 60.2 Å². The van der Waals surface area contributed by atoms with Gasteiger partial charge in [-0.1, -0.05) is 36.7 Å². The molecule has 3 N–H and O–H groups in total. The maximum atomic E-state index is 14.1. The van der Waals surface area contributed by atoms with Crippen LogP contribution in [0.15, 0.2) is 60.7 Å². The first kappa shape index (κ1) is 43.9. The molecule has 3 aromatic rings. The van der Waals surface area contributed by atoms with Gasteiger partial charge in [-0.2, -0.15) is 13.2 Å². The Morgan fingerprint density at radius 2 is 1.63 bits per heavy atom. The van der Waals surface area contributed by atoms with Crippen molar-refractivity contribution < 1.29 is 46.6 Å². The third kappa shape index (κ3) is 10.5. The number of piperazine rings is 1. The van der Waals surface area contributed by atoms with Crippen LogP contribution in [0.3, 0.4) is 0 Å². The van der Waals surface area contributed by atoms with Gasteiger partial charge in [0.25, 0.3) is 5.91 Å². The van der Waals surface area contributed by atoms with Crippen molar-refractivity contribution in [1.29, 1.82) is 0 Å². The number of alkyl halides is 3. The number of nitrogens with two attached hydrogens (primary N) is 1. The monoisotopic (exact) mass is 855 g/mol. The minimum atomic E-state index is -4.82. The summed E-state index contributed by atoms with van der Waals surface area (Å²) in [5, 5.41) is 2.57. The Labute approximate surface area is 351 Å². The van der Waals surface area contributed by atoms with Crippen molar-refractivity contribution in [2.75, 3.05) is 74.9 Å². The number of anilines is 3. The molecule has 0 unspecified atom stereocenters. The van der Waals surface area contributed by atoms with E-state index in [2.05, 4.69) is 5.32 Å². The van der Waals surface area contributed by atoms with E-state index in [0.29, 0.717) is 51.1 Å². The third-order valence-electron chi connectivity index (χ3n) is 11.1. The number of halogens is 4. The highest BCUT2D eigenvalue weighted by Crippen LogP contribution is 2.38. The van der Waals surface area contributed by atoms with E-state index in [1.54, 1.807) is 34.1 Å². The predicted octanol–water partition coefficient (Wildman–Crippen LogP) is 6.26. The number of urea groups is 1. The standard InChI is InChI=1S/C42H49ClF3N7O7/c1-3-14-49(27(2)54)21-22-59-39(56)29-8-10-31(11-9-29)50-17-19-51(20-18-50)38(55)36(25-28-23-33(42(44,45)46)37(47)34(43)24-28)60-41(58)52-15-12-32(13-16-52)53-26-30-6-4-5-7-35(30)48-40(53)57/h4-11,23-24,32,36H,3,12-22,25-26,47H2,1-2H3,(H,48,57)/t36-/m1/s1. The van der Waals surface area contributed by atoms with Gasteiger partial charge < -0.3 is 45.0 Å². The first-order chi connectivity index (χ1) is 28.6. The molecule has 0 aliphatic carbocycles. The summed E-state index contributed by atoms with van der Waals surface area (Å²) in [7, 11) is 0. The molecule has 14 nitrogen and oxygen atoms in total. The molecule has 3 aromatic carbocycles. The van der Waals surface area contributed by atoms with Crippen molar-refractivity contribution in [2.45, 2.75) is 64.4 Å². The van der Waals surface area contributed by atoms with Gasteiger partial charge in [0.05, 0.1) is 28.4 Å². The largest absolute Gasteiger partial charge is 0.460 e. The molecule has 3 aliphatic heterocycles. The molecular formula is C42H49ClF3N7O7. The zero-order valence-corrected chi connectivity index (χ0v) is 34.3. The van der Waals surface area contributed by atoms with E-state index in [9.17, 15) is 37.1 Å². The van der Waals surface area contributed by atoms with Crippen molar-refractivity contribution in [1.82, 2.24) is 19.6 Å². The molecule has 2 fully saturated rings. The lowest BCUT2D eigenvalue weighted by Crippen LogP contribution is -2.54. The SMILES string of the molecule is CCCN(CCOC(=O)c1ccc(N2CCN(C(=O)[C@@H](Cc3cc(Cl)c(N)c(C(F)(F)F)c3)OC(=O)N3CCC(N4Cc5ccccc5NC4=O)CC3)CC2)cc1)C(C)=O. The second kappa shape index (κ2) is 19.1. The molecule has 0 aromatic heterocycles. The molecule has 0 spiro atoms. The van der Waals surface area contributed by atoms with Gasteiger partial charge in [0.15, 0.2) is 6.10 Å². The summed E-state index contributed by atoms with van der Waals surface area (Å²) in [4.78, 5) is 73.4. The average Bonchev–Trinajstić information content (AvgIpc) is 3.23. The number of hydrogen-bond donors (Lipinski definition) is 2. The number of fused-ring (bicyclic) bond motifs is 1. The highest BCUT2D eigenvalue weighted by molar-refractivity contribution is 6.33. The third-order valence-corrected chi connectivity index (χ3v) is 11.4. The number of ether oxygens (including phenoxy) is 2. The number of likely N-dealkylation sites (tertiary alicyclic amines) is 1. The molecule has 1 atom stereocenters. The van der Waals surface area contributed by atoms with Gasteiger partial charge in [-0.05, 0) is 72.9 Å². The van der Waals surface area contributed by atoms with Crippen LogP contribution in [0.5, 0.6) is 0 Å². The summed E-state index contributed by atoms with van der Waals surface area (Å²) in [6, 6.07) is 16.0. The van der Waals surface area contributed by atoms with Gasteiger partial charge in [-0.25, -0.2) is 14.4 Å². The predicted molar refractivity (Wildman–Crippen MR) is 219 cm³/mol. The number of carbonyl (C=O) groups is 5. The quantitative estimate of drug-likeness (QED) is 0.158. The van der Waals surface area contributed by atoms with Crippen molar-refractivity contribution in [3.05, 3.63) is 87.9 Å². The van der Waals surface area contributed by atoms with E-state index in [1.807, 2.05) is 36.1 Å². The Morgan fingerprint density at radius 1 is 0.950 bits per heavy atom. The lowest BCUT2D eigenvalue weighted by molar-refractivity contribution is -0.141. The minimum Gasteiger partial charge on any atom is -0.460 e. The van der Waals surface area contributed by atoms with E-state index < -0.39 is 41.5 Å². The zero-order valence-electron chi connectivity index (χ0n) is 33.5. The Kier molecular flexibility index (Phi) is 14.0. The molecule has 2 saturated heterocycles. The lowest BCUT2D eigenvalue weighted by atomic mass is 10.0. The molecule has 3 aliphatic rings. The van der Waals surface area contributed by atoms with E-state index in [4.69, 9.17) is 26.8 Å². The van der Waals surface area contributed by atoms with E-state index >= 15 is 0 Å². The number of para-hydroxylation sites is 1. The molecule has 6 rings (SSSR count). The fourth-order valence-corrected chi connectivity index (χ4v) is 7.96. The number of piperidine rings is 1. The smallest absolute Gasteiger partial charge is 0.418 e. The van der Waals surface area contributed by atoms with Crippen molar-refractivity contribution in [3.8, 4) is 0 Å². The maximum absolute atomic E-state index is 14.1. The summed E-state index contributed by atoms with van der Waals surface area (Å²) in [5.41, 5.74) is 6.73. The second-order valence-electron chi connectivity index (χ2n) is 15.0. The van der Waals surface area contributed by atoms with Crippen LogP contribution < -0.4 is 16.0 Å². The average molecular weight is 856 g/mol. The van der Waals surface area contributed by atoms with E-state index in [0.717, 1.165) is 29.4 Å². The Bertz CT molecular complexity index is 2060. The summed E-state index contributed by atoms with van der Waals surface area (Å²) in [5.74, 6) is -1.19. The summed E-state index contributed by atoms with van der Waals surface area (Å²) >= 11 is 6.12. The summed E-state index contributed by atoms with van der Waals surface area (Å²) in [6.07, 6.45) is -5.80. The molecule has 18 heteroatoms. The van der Waals surface area contributed by atoms with Crippen LogP contribution in [0, 0.1) is 0 Å². The van der Waals surface area contributed by atoms with E-state index in [1.165, 1.54) is 22.8 Å². The van der Waals surface area contributed by atoms with Gasteiger partial charge in [0.1, 0.15) is 6.61 Å². The molecule has 0 saturated carbocycles. The fourth-order valence-electron chi connectivity index (χ4n) is 7.72. The van der Waals surface area contributed by atoms with Crippen LogP contribution >= 0.6 is 11.6 Å². The van der Waals surface area contributed by atoms with Gasteiger partial charge >= 0.3 is 24.3 Å². The first-order valence-corrected chi connectivity index (χ1v) is 20.3. The topological polar surface area (TPSA) is 158 Å². The van der Waals surface area contributed by atoms with E-state index in [-0.39, 0.29) is 67.8 Å². The zero-order chi connectivity index (χ0) is 43.1. The normalized spacial score (nSPS) is 16.5. The number of benzene rings is 3. The Morgan fingerprint density at radius 3 is 2.28 bits per heavy atom. The Balaban J connectivity index is 1.08. The molecule has 0 bridgehead atoms. The molecule has 3 heterocycles. The molecule has 60 heavy (non-hydrogen) atoms. The van der Waals surface area contributed by atoms with Gasteiger partial charge in [-0.3, -0.25) is 9.59 Å². The fraction of sp³-hybridized carbons (Fsp3) is 0.452. The van der Waals surface area contributed by atoms with Crippen LogP contribution in [0.4, 0.5) is 39.8 Å². The number of rotatable bonds is 12. The lowest BCUT2D eigenvalue weighted by Gasteiger charge is -2.40. The molecule has 322 valence electrons. The summed E-state index contributed by atoms with van der Waals surface area (Å²) in [6.45, 7) is 6.43. The highest BCUT2D eigenvalue weighted by atomic mass is 35.5. The van der Waals surface area contributed by atoms with Crippen molar-refractivity contribution in [3.63, 3.8) is 0 Å². The van der Waals surface area contributed by atoms with Gasteiger partial charge in [0, 0.05) is 83.1 Å². The van der Waals surface area contributed by atoms with Crippen LogP contribution in [-0.4, -0.2) is 121 Å². The number of nitrogens with one attached hydrogen (secondary N) is 1. The number of amides is 5. The minimum absolute atomic E-state index is 0.0113. The van der Waals surface area contributed by atoms with Crippen LogP contribution in [0.2, 0.25) is 5.02 Å². The van der Waals surface area contributed by atoms with Gasteiger partial charge in [-0.15, -0.1) is 0 Å². The number of esters is 1. The van der Waals surface area contributed by atoms with Gasteiger partial charge in [0.2, 0.25) is 5.91 Å². The summed E-state index contributed by atoms with van der Waals surface area (Å²) < 4.78 is 52.9.